The van der Waals surface area contributed by atoms with Crippen LogP contribution in [0.1, 0.15) is 0 Å². The van der Waals surface area contributed by atoms with Crippen molar-refractivity contribution < 1.29 is 9.53 Å². The molecule has 0 saturated carbocycles. The summed E-state index contributed by atoms with van der Waals surface area (Å²) in [7, 11) is 1.59. The molecule has 0 aliphatic heterocycles. The number of pyridine rings is 1. The predicted molar refractivity (Wildman–Crippen MR) is 91.9 cm³/mol. The number of anilines is 2. The molecule has 5 nitrogen and oxygen atoms in total. The highest BCUT2D eigenvalue weighted by atomic mass is 16.5. The summed E-state index contributed by atoms with van der Waals surface area (Å²) in [5.41, 5.74) is 2.39. The van der Waals surface area contributed by atoms with Crippen molar-refractivity contribution >= 4 is 28.2 Å². The number of aromatic nitrogens is 1. The van der Waals surface area contributed by atoms with E-state index in [1.165, 1.54) is 0 Å². The lowest BCUT2D eigenvalue weighted by Crippen LogP contribution is -2.21. The predicted octanol–water partition coefficient (Wildman–Crippen LogP) is 3.29. The molecule has 0 radical (unpaired) electrons. The molecular weight excluding hydrogens is 290 g/mol. The van der Waals surface area contributed by atoms with Gasteiger partial charge in [0.1, 0.15) is 5.75 Å². The van der Waals surface area contributed by atoms with E-state index in [1.54, 1.807) is 19.4 Å². The van der Waals surface area contributed by atoms with Gasteiger partial charge in [0.25, 0.3) is 0 Å². The zero-order valence-corrected chi connectivity index (χ0v) is 12.7. The topological polar surface area (TPSA) is 63.2 Å². The first-order valence-electron chi connectivity index (χ1n) is 7.28. The van der Waals surface area contributed by atoms with Crippen molar-refractivity contribution in [3.05, 3.63) is 60.8 Å². The summed E-state index contributed by atoms with van der Waals surface area (Å²) in [4.78, 5) is 16.4. The fourth-order valence-corrected chi connectivity index (χ4v) is 2.33. The Labute approximate surface area is 134 Å². The summed E-state index contributed by atoms with van der Waals surface area (Å²) in [5.74, 6) is 0.570. The van der Waals surface area contributed by atoms with Crippen molar-refractivity contribution in [2.24, 2.45) is 0 Å². The third-order valence-corrected chi connectivity index (χ3v) is 3.43. The lowest BCUT2D eigenvalue weighted by atomic mass is 10.2. The van der Waals surface area contributed by atoms with E-state index in [0.717, 1.165) is 16.6 Å². The van der Waals surface area contributed by atoms with Gasteiger partial charge in [-0.25, -0.2) is 0 Å². The number of ether oxygens (including phenoxy) is 1. The number of rotatable bonds is 5. The van der Waals surface area contributed by atoms with E-state index >= 15 is 0 Å². The summed E-state index contributed by atoms with van der Waals surface area (Å²) >= 11 is 0. The van der Waals surface area contributed by atoms with Gasteiger partial charge >= 0.3 is 0 Å². The number of nitrogens with zero attached hydrogens (tertiary/aromatic N) is 1. The molecular formula is C18H17N3O2. The zero-order chi connectivity index (χ0) is 16.1. The number of methoxy groups -OCH3 is 1. The van der Waals surface area contributed by atoms with Gasteiger partial charge in [-0.3, -0.25) is 9.78 Å². The third-order valence-electron chi connectivity index (χ3n) is 3.43. The number of fused-ring (bicyclic) bond motifs is 1. The maximum Gasteiger partial charge on any atom is 0.243 e. The highest BCUT2D eigenvalue weighted by Gasteiger charge is 2.06. The van der Waals surface area contributed by atoms with Gasteiger partial charge in [0.15, 0.2) is 0 Å². The number of hydrogen-bond acceptors (Lipinski definition) is 4. The van der Waals surface area contributed by atoms with Crippen molar-refractivity contribution in [1.29, 1.82) is 0 Å². The van der Waals surface area contributed by atoms with E-state index in [1.807, 2.05) is 48.5 Å². The number of carbonyl (C=O) groups is 1. The molecule has 2 N–H and O–H groups in total. The molecule has 0 aliphatic rings. The van der Waals surface area contributed by atoms with Gasteiger partial charge in [-0.2, -0.15) is 0 Å². The van der Waals surface area contributed by atoms with Gasteiger partial charge < -0.3 is 15.4 Å². The van der Waals surface area contributed by atoms with Crippen LogP contribution in [0.2, 0.25) is 0 Å². The van der Waals surface area contributed by atoms with Crippen molar-refractivity contribution in [3.63, 3.8) is 0 Å². The van der Waals surface area contributed by atoms with Gasteiger partial charge in [0.2, 0.25) is 5.91 Å². The van der Waals surface area contributed by atoms with E-state index in [4.69, 9.17) is 4.74 Å². The molecule has 1 heterocycles. The molecule has 5 heteroatoms. The number of nitrogens with one attached hydrogen (secondary N) is 2. The lowest BCUT2D eigenvalue weighted by molar-refractivity contribution is -0.114. The van der Waals surface area contributed by atoms with Crippen LogP contribution in [0.3, 0.4) is 0 Å². The van der Waals surface area contributed by atoms with Crippen LogP contribution in [0.15, 0.2) is 60.8 Å². The van der Waals surface area contributed by atoms with Gasteiger partial charge in [0.05, 0.1) is 24.9 Å². The van der Waals surface area contributed by atoms with E-state index in [9.17, 15) is 4.79 Å². The van der Waals surface area contributed by atoms with E-state index in [-0.39, 0.29) is 12.5 Å². The molecule has 3 aromatic rings. The number of amides is 1. The Hall–Kier alpha value is -3.08. The number of benzene rings is 2. The standard InChI is InChI=1S/C18H17N3O2/c1-23-15-8-3-7-14(11-15)21-17(22)12-20-16-9-2-5-13-6-4-10-19-18(13)16/h2-11,20H,12H2,1H3,(H,21,22). The first kappa shape index (κ1) is 14.8. The van der Waals surface area contributed by atoms with Crippen molar-refractivity contribution in [2.75, 3.05) is 24.3 Å². The molecule has 23 heavy (non-hydrogen) atoms. The quantitative estimate of drug-likeness (QED) is 0.759. The maximum absolute atomic E-state index is 12.1. The minimum Gasteiger partial charge on any atom is -0.497 e. The van der Waals surface area contributed by atoms with Crippen LogP contribution in [-0.4, -0.2) is 24.5 Å². The molecule has 0 bridgehead atoms. The maximum atomic E-state index is 12.1. The highest BCUT2D eigenvalue weighted by Crippen LogP contribution is 2.20. The van der Waals surface area contributed by atoms with Crippen LogP contribution in [0.5, 0.6) is 5.75 Å². The van der Waals surface area contributed by atoms with E-state index in [2.05, 4.69) is 15.6 Å². The van der Waals surface area contributed by atoms with Crippen molar-refractivity contribution in [3.8, 4) is 5.75 Å². The van der Waals surface area contributed by atoms with Crippen LogP contribution in [0.4, 0.5) is 11.4 Å². The van der Waals surface area contributed by atoms with E-state index in [0.29, 0.717) is 11.4 Å². The van der Waals surface area contributed by atoms with E-state index < -0.39 is 0 Å². The summed E-state index contributed by atoms with van der Waals surface area (Å²) < 4.78 is 5.14. The molecule has 0 unspecified atom stereocenters. The molecule has 2 aromatic carbocycles. The summed E-state index contributed by atoms with van der Waals surface area (Å²) in [6.45, 7) is 0.160. The summed E-state index contributed by atoms with van der Waals surface area (Å²) in [5, 5.41) is 7.00. The van der Waals surface area contributed by atoms with Gasteiger partial charge in [-0.1, -0.05) is 24.3 Å². The smallest absolute Gasteiger partial charge is 0.243 e. The molecule has 3 rings (SSSR count). The largest absolute Gasteiger partial charge is 0.497 e. The second kappa shape index (κ2) is 6.79. The van der Waals surface area contributed by atoms with Crippen LogP contribution in [0, 0.1) is 0 Å². The lowest BCUT2D eigenvalue weighted by Gasteiger charge is -2.10. The molecule has 0 fully saturated rings. The van der Waals surface area contributed by atoms with Gasteiger partial charge in [-0.15, -0.1) is 0 Å². The van der Waals surface area contributed by atoms with Crippen molar-refractivity contribution in [2.45, 2.75) is 0 Å². The zero-order valence-electron chi connectivity index (χ0n) is 12.7. The number of para-hydroxylation sites is 1. The van der Waals surface area contributed by atoms with Crippen LogP contribution < -0.4 is 15.4 Å². The highest BCUT2D eigenvalue weighted by molar-refractivity contribution is 5.96. The average molecular weight is 307 g/mol. The van der Waals surface area contributed by atoms with Crippen LogP contribution in [-0.2, 0) is 4.79 Å². The third kappa shape index (κ3) is 3.58. The molecule has 0 atom stereocenters. The minimum absolute atomic E-state index is 0.133. The summed E-state index contributed by atoms with van der Waals surface area (Å²) in [6, 6.07) is 17.0. The SMILES string of the molecule is COc1cccc(NC(=O)CNc2cccc3cccnc23)c1. The Morgan fingerprint density at radius 3 is 2.83 bits per heavy atom. The fraction of sp³-hybridized carbons (Fsp3) is 0.111. The molecule has 0 spiro atoms. The van der Waals surface area contributed by atoms with Gasteiger partial charge in [0, 0.05) is 23.3 Å². The summed E-state index contributed by atoms with van der Waals surface area (Å²) in [6.07, 6.45) is 1.74. The van der Waals surface area contributed by atoms with Crippen LogP contribution >= 0.6 is 0 Å². The second-order valence-electron chi connectivity index (χ2n) is 5.01. The minimum atomic E-state index is -0.133. The Morgan fingerprint density at radius 2 is 1.96 bits per heavy atom. The Morgan fingerprint density at radius 1 is 1.13 bits per heavy atom. The Kier molecular flexibility index (Phi) is 4.38. The molecule has 1 amide bonds. The Bertz CT molecular complexity index is 828. The molecule has 0 aliphatic carbocycles. The number of carbonyl (C=O) groups excluding carboxylic acids is 1. The normalized spacial score (nSPS) is 10.3. The van der Waals surface area contributed by atoms with Gasteiger partial charge in [-0.05, 0) is 24.3 Å². The molecule has 0 saturated heterocycles. The monoisotopic (exact) mass is 307 g/mol. The first-order chi connectivity index (χ1) is 11.3. The average Bonchev–Trinajstić information content (AvgIpc) is 2.60. The Balaban J connectivity index is 1.66. The molecule has 116 valence electrons. The van der Waals surface area contributed by atoms with Crippen molar-refractivity contribution in [1.82, 2.24) is 4.98 Å². The van der Waals surface area contributed by atoms with Crippen LogP contribution in [0.25, 0.3) is 10.9 Å². The number of hydrogen-bond donors (Lipinski definition) is 2. The second-order valence-corrected chi connectivity index (χ2v) is 5.01. The fourth-order valence-electron chi connectivity index (χ4n) is 2.33. The first-order valence-corrected chi connectivity index (χ1v) is 7.28. The molecule has 1 aromatic heterocycles.